The van der Waals surface area contributed by atoms with Gasteiger partial charge in [0.05, 0.1) is 66.1 Å². The van der Waals surface area contributed by atoms with Crippen molar-refractivity contribution in [3.63, 3.8) is 0 Å². The van der Waals surface area contributed by atoms with E-state index in [0.717, 1.165) is 6.42 Å². The van der Waals surface area contributed by atoms with E-state index < -0.39 is 7.82 Å². The second-order valence-corrected chi connectivity index (χ2v) is 6.85. The Kier molecular flexibility index (Phi) is 20.6. The first-order valence-electron chi connectivity index (χ1n) is 9.60. The van der Waals surface area contributed by atoms with Gasteiger partial charge in [-0.25, -0.2) is 4.57 Å². The minimum Gasteiger partial charge on any atom is -0.379 e. The molecule has 0 amide bonds. The molecule has 0 saturated heterocycles. The standard InChI is InChI=1S/C17H37O9P/c1-4-7-21-12-15-24-27(18,25-16-13-22-10-8-19-5-2)26-17-14-23-11-9-20-6-3/h4-17H2,1-3H3. The van der Waals surface area contributed by atoms with Crippen molar-refractivity contribution in [3.8, 4) is 0 Å². The van der Waals surface area contributed by atoms with Gasteiger partial charge in [-0.1, -0.05) is 6.92 Å². The molecule has 0 heterocycles. The van der Waals surface area contributed by atoms with Gasteiger partial charge in [0.25, 0.3) is 0 Å². The Morgan fingerprint density at radius 1 is 0.481 bits per heavy atom. The molecule has 0 rings (SSSR count). The monoisotopic (exact) mass is 416 g/mol. The average Bonchev–Trinajstić information content (AvgIpc) is 2.66. The molecule has 0 atom stereocenters. The lowest BCUT2D eigenvalue weighted by molar-refractivity contribution is 0.0133. The highest BCUT2D eigenvalue weighted by Crippen LogP contribution is 2.49. The summed E-state index contributed by atoms with van der Waals surface area (Å²) in [6, 6.07) is 0. The van der Waals surface area contributed by atoms with Crippen molar-refractivity contribution in [3.05, 3.63) is 0 Å². The van der Waals surface area contributed by atoms with Crippen LogP contribution in [0.25, 0.3) is 0 Å². The molecule has 0 aliphatic rings. The lowest BCUT2D eigenvalue weighted by atomic mass is 10.5. The second kappa shape index (κ2) is 20.6. The van der Waals surface area contributed by atoms with Crippen LogP contribution in [0.1, 0.15) is 27.2 Å². The summed E-state index contributed by atoms with van der Waals surface area (Å²) in [7, 11) is -3.69. The highest BCUT2D eigenvalue weighted by molar-refractivity contribution is 7.48. The summed E-state index contributed by atoms with van der Waals surface area (Å²) in [6.07, 6.45) is 0.906. The number of ether oxygens (including phenoxy) is 5. The number of phosphoric acid groups is 1. The Morgan fingerprint density at radius 2 is 0.815 bits per heavy atom. The molecular formula is C17H37O9P. The Balaban J connectivity index is 4.02. The summed E-state index contributed by atoms with van der Waals surface area (Å²) in [5, 5.41) is 0. The molecule has 164 valence electrons. The second-order valence-electron chi connectivity index (χ2n) is 5.18. The minimum absolute atomic E-state index is 0.0877. The van der Waals surface area contributed by atoms with Crippen LogP contribution in [-0.2, 0) is 41.8 Å². The highest BCUT2D eigenvalue weighted by atomic mass is 31.2. The predicted octanol–water partition coefficient (Wildman–Crippen LogP) is 2.68. The zero-order valence-corrected chi connectivity index (χ0v) is 17.9. The van der Waals surface area contributed by atoms with Crippen molar-refractivity contribution < 1.29 is 41.8 Å². The Morgan fingerprint density at radius 3 is 1.19 bits per heavy atom. The fourth-order valence-electron chi connectivity index (χ4n) is 1.71. The minimum atomic E-state index is -3.69. The van der Waals surface area contributed by atoms with Gasteiger partial charge in [0.1, 0.15) is 0 Å². The van der Waals surface area contributed by atoms with Crippen LogP contribution >= 0.6 is 7.82 Å². The maximum absolute atomic E-state index is 12.6. The Labute approximate surface area is 163 Å². The molecule has 0 aromatic rings. The first kappa shape index (κ1) is 26.9. The highest BCUT2D eigenvalue weighted by Gasteiger charge is 2.26. The SMILES string of the molecule is CCCOCCOP(=O)(OCCOCCOCC)OCCOCCOCC. The summed E-state index contributed by atoms with van der Waals surface area (Å²) in [6.45, 7) is 10.8. The quantitative estimate of drug-likeness (QED) is 0.195. The van der Waals surface area contributed by atoms with Crippen molar-refractivity contribution in [1.29, 1.82) is 0 Å². The summed E-state index contributed by atoms with van der Waals surface area (Å²) in [4.78, 5) is 0. The van der Waals surface area contributed by atoms with Crippen molar-refractivity contribution in [2.24, 2.45) is 0 Å². The molecular weight excluding hydrogens is 379 g/mol. The van der Waals surface area contributed by atoms with Crippen LogP contribution in [-0.4, -0.2) is 85.9 Å². The fraction of sp³-hybridized carbons (Fsp3) is 1.00. The van der Waals surface area contributed by atoms with Crippen molar-refractivity contribution in [1.82, 2.24) is 0 Å². The van der Waals surface area contributed by atoms with Crippen LogP contribution < -0.4 is 0 Å². The van der Waals surface area contributed by atoms with Gasteiger partial charge in [-0.15, -0.1) is 0 Å². The molecule has 0 fully saturated rings. The van der Waals surface area contributed by atoms with Gasteiger partial charge >= 0.3 is 7.82 Å². The Bertz CT molecular complexity index is 322. The van der Waals surface area contributed by atoms with E-state index in [1.165, 1.54) is 0 Å². The number of hydrogen-bond donors (Lipinski definition) is 0. The van der Waals surface area contributed by atoms with Crippen molar-refractivity contribution in [2.75, 3.05) is 85.9 Å². The molecule has 0 bridgehead atoms. The van der Waals surface area contributed by atoms with Crippen LogP contribution in [0.3, 0.4) is 0 Å². The summed E-state index contributed by atoms with van der Waals surface area (Å²) < 4.78 is 54.8. The third-order valence-electron chi connectivity index (χ3n) is 2.93. The number of rotatable bonds is 22. The molecule has 0 aliphatic heterocycles. The normalized spacial score (nSPS) is 12.0. The largest absolute Gasteiger partial charge is 0.475 e. The Hall–Kier alpha value is -0.0900. The van der Waals surface area contributed by atoms with E-state index in [1.54, 1.807) is 0 Å². The van der Waals surface area contributed by atoms with Gasteiger partial charge in [-0.05, 0) is 20.3 Å². The molecule has 0 saturated carbocycles. The fourth-order valence-corrected chi connectivity index (χ4v) is 2.83. The first-order chi connectivity index (χ1) is 13.2. The molecule has 10 heteroatoms. The lowest BCUT2D eigenvalue weighted by Crippen LogP contribution is -2.13. The van der Waals surface area contributed by atoms with Crippen LogP contribution in [0.15, 0.2) is 0 Å². The molecule has 0 radical (unpaired) electrons. The zero-order valence-electron chi connectivity index (χ0n) is 17.0. The van der Waals surface area contributed by atoms with E-state index in [9.17, 15) is 4.57 Å². The molecule has 0 N–H and O–H groups in total. The molecule has 0 aromatic heterocycles. The maximum Gasteiger partial charge on any atom is 0.475 e. The van der Waals surface area contributed by atoms with Gasteiger partial charge in [0.2, 0.25) is 0 Å². The third kappa shape index (κ3) is 19.0. The number of hydrogen-bond acceptors (Lipinski definition) is 9. The van der Waals surface area contributed by atoms with Gasteiger partial charge in [0.15, 0.2) is 0 Å². The smallest absolute Gasteiger partial charge is 0.379 e. The van der Waals surface area contributed by atoms with Gasteiger partial charge in [0, 0.05) is 19.8 Å². The zero-order chi connectivity index (χ0) is 20.1. The maximum atomic E-state index is 12.6. The first-order valence-corrected chi connectivity index (χ1v) is 11.1. The van der Waals surface area contributed by atoms with E-state index in [1.807, 2.05) is 20.8 Å². The van der Waals surface area contributed by atoms with Crippen molar-refractivity contribution in [2.45, 2.75) is 27.2 Å². The third-order valence-corrected chi connectivity index (χ3v) is 4.43. The summed E-state index contributed by atoms with van der Waals surface area (Å²) in [5.74, 6) is 0. The van der Waals surface area contributed by atoms with E-state index in [2.05, 4.69) is 0 Å². The van der Waals surface area contributed by atoms with Crippen LogP contribution in [0.4, 0.5) is 0 Å². The average molecular weight is 416 g/mol. The van der Waals surface area contributed by atoms with Crippen molar-refractivity contribution >= 4 is 7.82 Å². The van der Waals surface area contributed by atoms with Gasteiger partial charge in [-0.2, -0.15) is 0 Å². The topological polar surface area (TPSA) is 90.9 Å². The van der Waals surface area contributed by atoms with E-state index >= 15 is 0 Å². The molecule has 9 nitrogen and oxygen atoms in total. The van der Waals surface area contributed by atoms with Gasteiger partial charge < -0.3 is 23.7 Å². The van der Waals surface area contributed by atoms with Crippen LogP contribution in [0, 0.1) is 0 Å². The lowest BCUT2D eigenvalue weighted by Gasteiger charge is -2.18. The van der Waals surface area contributed by atoms with E-state index in [4.69, 9.17) is 37.3 Å². The van der Waals surface area contributed by atoms with Crippen LogP contribution in [0.2, 0.25) is 0 Å². The summed E-state index contributed by atoms with van der Waals surface area (Å²) in [5.41, 5.74) is 0. The summed E-state index contributed by atoms with van der Waals surface area (Å²) >= 11 is 0. The molecule has 0 unspecified atom stereocenters. The molecule has 0 aliphatic carbocycles. The van der Waals surface area contributed by atoms with E-state index in [0.29, 0.717) is 52.9 Å². The molecule has 27 heavy (non-hydrogen) atoms. The molecule has 0 aromatic carbocycles. The van der Waals surface area contributed by atoms with Crippen LogP contribution in [0.5, 0.6) is 0 Å². The van der Waals surface area contributed by atoms with Gasteiger partial charge in [-0.3, -0.25) is 13.6 Å². The van der Waals surface area contributed by atoms with E-state index in [-0.39, 0.29) is 33.0 Å². The predicted molar refractivity (Wildman–Crippen MR) is 101 cm³/mol. The number of phosphoric ester groups is 1. The molecule has 0 spiro atoms.